The van der Waals surface area contributed by atoms with E-state index in [2.05, 4.69) is 10.3 Å². The van der Waals surface area contributed by atoms with Crippen LogP contribution < -0.4 is 11.1 Å². The van der Waals surface area contributed by atoms with E-state index in [1.165, 1.54) is 18.2 Å². The lowest BCUT2D eigenvalue weighted by Crippen LogP contribution is -2.37. The van der Waals surface area contributed by atoms with Crippen molar-refractivity contribution in [2.75, 3.05) is 6.54 Å². The molecule has 3 aromatic rings. The fourth-order valence-electron chi connectivity index (χ4n) is 3.44. The van der Waals surface area contributed by atoms with Crippen LogP contribution in [-0.2, 0) is 16.0 Å². The molecule has 0 radical (unpaired) electrons. The normalized spacial score (nSPS) is 12.1. The minimum Gasteiger partial charge on any atom is -0.352 e. The Morgan fingerprint density at radius 3 is 2.62 bits per heavy atom. The van der Waals surface area contributed by atoms with Crippen LogP contribution in [0.25, 0.3) is 22.2 Å². The summed E-state index contributed by atoms with van der Waals surface area (Å²) in [6, 6.07) is 8.56. The van der Waals surface area contributed by atoms with E-state index in [1.807, 2.05) is 6.07 Å². The predicted octanol–water partition coefficient (Wildman–Crippen LogP) is 3.39. The van der Waals surface area contributed by atoms with E-state index in [-0.39, 0.29) is 24.0 Å². The molecule has 1 heterocycles. The maximum absolute atomic E-state index is 14.5. The number of hydrogen-bond acceptors (Lipinski definition) is 3. The first kappa shape index (κ1) is 20.7. The summed E-state index contributed by atoms with van der Waals surface area (Å²) in [5.41, 5.74) is 8.66. The number of aromatic amines is 1. The Hall–Kier alpha value is -3.06. The third-order valence-electron chi connectivity index (χ3n) is 4.83. The van der Waals surface area contributed by atoms with Gasteiger partial charge in [-0.25, -0.2) is 8.78 Å². The molecule has 2 aromatic carbocycles. The van der Waals surface area contributed by atoms with Gasteiger partial charge in [-0.15, -0.1) is 0 Å². The Kier molecular flexibility index (Phi) is 6.39. The molecule has 0 saturated heterocycles. The van der Waals surface area contributed by atoms with Crippen molar-refractivity contribution in [3.8, 4) is 11.3 Å². The van der Waals surface area contributed by atoms with Crippen LogP contribution in [0.3, 0.4) is 0 Å². The van der Waals surface area contributed by atoms with Crippen molar-refractivity contribution in [1.82, 2.24) is 10.3 Å². The van der Waals surface area contributed by atoms with Gasteiger partial charge in [0.05, 0.1) is 11.6 Å². The molecular weight excluding hydrogens is 376 g/mol. The molecule has 3 rings (SSSR count). The molecule has 1 atom stereocenters. The van der Waals surface area contributed by atoms with Crippen LogP contribution in [0.5, 0.6) is 0 Å². The molecule has 0 aliphatic carbocycles. The molecule has 5 nitrogen and oxygen atoms in total. The maximum atomic E-state index is 14.5. The number of fused-ring (bicyclic) bond motifs is 1. The lowest BCUT2D eigenvalue weighted by Gasteiger charge is -2.12. The summed E-state index contributed by atoms with van der Waals surface area (Å²) in [6.45, 7) is 2.09. The van der Waals surface area contributed by atoms with Gasteiger partial charge >= 0.3 is 0 Å². The largest absolute Gasteiger partial charge is 0.352 e. The number of benzene rings is 2. The van der Waals surface area contributed by atoms with Crippen LogP contribution in [0.4, 0.5) is 8.78 Å². The molecule has 0 spiro atoms. The van der Waals surface area contributed by atoms with Gasteiger partial charge in [-0.1, -0.05) is 0 Å². The smallest absolute Gasteiger partial charge is 0.220 e. The molecule has 29 heavy (non-hydrogen) atoms. The SMILES string of the molecule is Cc1cc(F)c2[nH]c(-c3ccc(F)cc3)c(CCC(=O)NC(C=O)CCN)c2c1. The number of hydrogen-bond donors (Lipinski definition) is 3. The molecule has 0 aliphatic heterocycles. The number of carbonyl (C=O) groups is 2. The summed E-state index contributed by atoms with van der Waals surface area (Å²) >= 11 is 0. The second-order valence-corrected chi connectivity index (χ2v) is 7.04. The van der Waals surface area contributed by atoms with E-state index in [4.69, 9.17) is 5.73 Å². The van der Waals surface area contributed by atoms with Gasteiger partial charge in [0.1, 0.15) is 17.9 Å². The number of aldehydes is 1. The highest BCUT2D eigenvalue weighted by Crippen LogP contribution is 2.33. The Morgan fingerprint density at radius 2 is 1.97 bits per heavy atom. The summed E-state index contributed by atoms with van der Waals surface area (Å²) in [4.78, 5) is 26.4. The quantitative estimate of drug-likeness (QED) is 0.508. The van der Waals surface area contributed by atoms with Crippen LogP contribution in [0.15, 0.2) is 36.4 Å². The van der Waals surface area contributed by atoms with Gasteiger partial charge in [0.2, 0.25) is 5.91 Å². The number of amides is 1. The molecule has 0 bridgehead atoms. The van der Waals surface area contributed by atoms with Gasteiger partial charge < -0.3 is 20.8 Å². The monoisotopic (exact) mass is 399 g/mol. The fourth-order valence-corrected chi connectivity index (χ4v) is 3.44. The molecule has 1 aromatic heterocycles. The lowest BCUT2D eigenvalue weighted by molar-refractivity contribution is -0.124. The fraction of sp³-hybridized carbons (Fsp3) is 0.273. The Bertz CT molecular complexity index is 1030. The first-order chi connectivity index (χ1) is 13.9. The average molecular weight is 399 g/mol. The standard InChI is InChI=1S/C22H23F2N3O2/c1-13-10-18-17(6-7-20(29)26-16(12-28)8-9-25)21(27-22(18)19(24)11-13)14-2-4-15(23)5-3-14/h2-5,10-12,16,27H,6-9,25H2,1H3,(H,26,29). The minimum absolute atomic E-state index is 0.117. The van der Waals surface area contributed by atoms with Crippen molar-refractivity contribution in [3.05, 3.63) is 59.2 Å². The van der Waals surface area contributed by atoms with Crippen LogP contribution >= 0.6 is 0 Å². The maximum Gasteiger partial charge on any atom is 0.220 e. The van der Waals surface area contributed by atoms with E-state index >= 15 is 0 Å². The second-order valence-electron chi connectivity index (χ2n) is 7.04. The van der Waals surface area contributed by atoms with E-state index in [0.29, 0.717) is 47.8 Å². The zero-order valence-corrected chi connectivity index (χ0v) is 16.1. The molecule has 152 valence electrons. The topological polar surface area (TPSA) is 88.0 Å². The number of nitrogens with one attached hydrogen (secondary N) is 2. The second kappa shape index (κ2) is 8.96. The van der Waals surface area contributed by atoms with Crippen molar-refractivity contribution in [1.29, 1.82) is 0 Å². The number of H-pyrrole nitrogens is 1. The van der Waals surface area contributed by atoms with E-state index in [9.17, 15) is 18.4 Å². The van der Waals surface area contributed by atoms with Crippen LogP contribution in [-0.4, -0.2) is 29.8 Å². The summed E-state index contributed by atoms with van der Waals surface area (Å²) < 4.78 is 27.8. The van der Waals surface area contributed by atoms with Crippen molar-refractivity contribution in [3.63, 3.8) is 0 Å². The average Bonchev–Trinajstić information content (AvgIpc) is 3.05. The molecule has 1 amide bonds. The number of nitrogens with two attached hydrogens (primary N) is 1. The number of rotatable bonds is 8. The molecule has 4 N–H and O–H groups in total. The highest BCUT2D eigenvalue weighted by Gasteiger charge is 2.18. The summed E-state index contributed by atoms with van der Waals surface area (Å²) in [7, 11) is 0. The van der Waals surface area contributed by atoms with Gasteiger partial charge in [0.15, 0.2) is 0 Å². The van der Waals surface area contributed by atoms with Gasteiger partial charge in [-0.3, -0.25) is 4.79 Å². The Labute approximate surface area is 167 Å². The van der Waals surface area contributed by atoms with Crippen LogP contribution in [0.1, 0.15) is 24.0 Å². The molecular formula is C22H23F2N3O2. The van der Waals surface area contributed by atoms with Crippen molar-refractivity contribution >= 4 is 23.1 Å². The molecule has 0 aliphatic rings. The van der Waals surface area contributed by atoms with Gasteiger partial charge in [-0.2, -0.15) is 0 Å². The summed E-state index contributed by atoms with van der Waals surface area (Å²) in [5.74, 6) is -1.04. The van der Waals surface area contributed by atoms with Gasteiger partial charge in [-0.05, 0) is 79.4 Å². The van der Waals surface area contributed by atoms with E-state index < -0.39 is 6.04 Å². The number of halogens is 2. The van der Waals surface area contributed by atoms with Crippen molar-refractivity contribution in [2.45, 2.75) is 32.2 Å². The van der Waals surface area contributed by atoms with Crippen LogP contribution in [0, 0.1) is 18.6 Å². The molecule has 7 heteroatoms. The Balaban J connectivity index is 1.94. The van der Waals surface area contributed by atoms with Crippen LogP contribution in [0.2, 0.25) is 0 Å². The minimum atomic E-state index is -0.619. The molecule has 0 fully saturated rings. The first-order valence-corrected chi connectivity index (χ1v) is 9.44. The number of aromatic nitrogens is 1. The zero-order valence-electron chi connectivity index (χ0n) is 16.1. The molecule has 1 unspecified atom stereocenters. The Morgan fingerprint density at radius 1 is 1.24 bits per heavy atom. The van der Waals surface area contributed by atoms with E-state index in [0.717, 1.165) is 11.1 Å². The summed E-state index contributed by atoms with van der Waals surface area (Å²) in [5, 5.41) is 3.33. The highest BCUT2D eigenvalue weighted by molar-refractivity contribution is 5.92. The highest BCUT2D eigenvalue weighted by atomic mass is 19.1. The predicted molar refractivity (Wildman–Crippen MR) is 108 cm³/mol. The number of aryl methyl sites for hydroxylation is 2. The lowest BCUT2D eigenvalue weighted by atomic mass is 10.00. The number of carbonyl (C=O) groups excluding carboxylic acids is 2. The van der Waals surface area contributed by atoms with Crippen molar-refractivity contribution in [2.24, 2.45) is 5.73 Å². The van der Waals surface area contributed by atoms with Crippen molar-refractivity contribution < 1.29 is 18.4 Å². The zero-order chi connectivity index (χ0) is 21.0. The summed E-state index contributed by atoms with van der Waals surface area (Å²) in [6.07, 6.45) is 1.48. The van der Waals surface area contributed by atoms with E-state index in [1.54, 1.807) is 19.1 Å². The molecule has 0 saturated carbocycles. The van der Waals surface area contributed by atoms with Gasteiger partial charge in [0, 0.05) is 17.5 Å². The first-order valence-electron chi connectivity index (χ1n) is 9.44. The van der Waals surface area contributed by atoms with Gasteiger partial charge in [0.25, 0.3) is 0 Å². The third-order valence-corrected chi connectivity index (χ3v) is 4.83. The third kappa shape index (κ3) is 4.68.